The molecule has 0 aliphatic heterocycles. The Morgan fingerprint density at radius 2 is 1.15 bits per heavy atom. The maximum absolute atomic E-state index is 12.3. The molecule has 1 aromatic rings. The molecule has 0 spiro atoms. The Balaban J connectivity index is 2.43. The van der Waals surface area contributed by atoms with Crippen LogP contribution >= 0.6 is 0 Å². The van der Waals surface area contributed by atoms with E-state index in [2.05, 4.69) is 21.3 Å². The molecule has 0 unspecified atom stereocenters. The molecule has 1 aromatic carbocycles. The molecule has 0 aromatic heterocycles. The van der Waals surface area contributed by atoms with Gasteiger partial charge in [-0.3, -0.25) is 14.4 Å². The fourth-order valence-electron chi connectivity index (χ4n) is 2.48. The standard InChI is InChI=1S/C22H32N4O7/c1-6-32-21(30)16(5)25-19(28)14(3)23-18(27)13(2)24-20(29)15(4)26-22(31)33-12-17-10-8-7-9-11-17/h7-11,13-16H,6,12H2,1-5H3,(H,23,27)(H,24,29)(H,25,28)(H,26,31)/t13-,14-,15-,16-/m0/s1. The van der Waals surface area contributed by atoms with Crippen molar-refractivity contribution in [3.63, 3.8) is 0 Å². The molecule has 11 heteroatoms. The number of hydrogen-bond donors (Lipinski definition) is 4. The van der Waals surface area contributed by atoms with Crippen LogP contribution in [0.4, 0.5) is 4.79 Å². The van der Waals surface area contributed by atoms with E-state index in [0.29, 0.717) is 0 Å². The molecule has 11 nitrogen and oxygen atoms in total. The zero-order valence-corrected chi connectivity index (χ0v) is 19.5. The van der Waals surface area contributed by atoms with Crippen LogP contribution in [0, 0.1) is 0 Å². The van der Waals surface area contributed by atoms with Crippen LogP contribution < -0.4 is 21.3 Å². The van der Waals surface area contributed by atoms with Crippen LogP contribution in [-0.2, 0) is 35.3 Å². The molecule has 0 aliphatic rings. The van der Waals surface area contributed by atoms with E-state index >= 15 is 0 Å². The maximum atomic E-state index is 12.3. The number of amides is 4. The molecule has 0 fully saturated rings. The average molecular weight is 465 g/mol. The molecule has 0 aliphatic carbocycles. The minimum atomic E-state index is -0.986. The number of nitrogens with one attached hydrogen (secondary N) is 4. The van der Waals surface area contributed by atoms with Gasteiger partial charge in [0.2, 0.25) is 17.7 Å². The third kappa shape index (κ3) is 10.0. The second-order valence-electron chi connectivity index (χ2n) is 7.37. The Labute approximate surface area is 193 Å². The SMILES string of the molecule is CCOC(=O)[C@H](C)NC(=O)[C@H](C)NC(=O)[C@H](C)NC(=O)[C@H](C)NC(=O)OCc1ccccc1. The summed E-state index contributed by atoms with van der Waals surface area (Å²) in [6.45, 7) is 7.65. The molecule has 0 radical (unpaired) electrons. The van der Waals surface area contributed by atoms with E-state index in [0.717, 1.165) is 5.56 Å². The molecule has 0 saturated heterocycles. The van der Waals surface area contributed by atoms with Gasteiger partial charge < -0.3 is 30.7 Å². The predicted molar refractivity (Wildman–Crippen MR) is 119 cm³/mol. The molecule has 4 atom stereocenters. The number of carbonyl (C=O) groups is 5. The Bertz CT molecular complexity index is 831. The summed E-state index contributed by atoms with van der Waals surface area (Å²) in [4.78, 5) is 60.2. The molecule has 0 heterocycles. The number of hydrogen-bond acceptors (Lipinski definition) is 7. The van der Waals surface area contributed by atoms with E-state index in [4.69, 9.17) is 9.47 Å². The highest BCUT2D eigenvalue weighted by Crippen LogP contribution is 2.01. The van der Waals surface area contributed by atoms with Crippen molar-refractivity contribution in [2.45, 2.75) is 65.4 Å². The van der Waals surface area contributed by atoms with Gasteiger partial charge >= 0.3 is 12.1 Å². The van der Waals surface area contributed by atoms with Crippen LogP contribution in [-0.4, -0.2) is 60.6 Å². The molecule has 4 N–H and O–H groups in total. The van der Waals surface area contributed by atoms with Crippen LogP contribution in [0.2, 0.25) is 0 Å². The van der Waals surface area contributed by atoms with Gasteiger partial charge in [0.05, 0.1) is 6.61 Å². The van der Waals surface area contributed by atoms with E-state index < -0.39 is 54.0 Å². The lowest BCUT2D eigenvalue weighted by molar-refractivity contribution is -0.147. The van der Waals surface area contributed by atoms with E-state index in [-0.39, 0.29) is 13.2 Å². The summed E-state index contributed by atoms with van der Waals surface area (Å²) in [5.74, 6) is -2.40. The summed E-state index contributed by atoms with van der Waals surface area (Å²) in [7, 11) is 0. The first-order valence-corrected chi connectivity index (χ1v) is 10.6. The van der Waals surface area contributed by atoms with Crippen molar-refractivity contribution in [3.05, 3.63) is 35.9 Å². The Morgan fingerprint density at radius 3 is 1.64 bits per heavy atom. The molecule has 0 saturated carbocycles. The predicted octanol–water partition coefficient (Wildman–Crippen LogP) is 0.379. The molecule has 4 amide bonds. The molecule has 182 valence electrons. The highest BCUT2D eigenvalue weighted by molar-refractivity contribution is 5.94. The van der Waals surface area contributed by atoms with Crippen LogP contribution in [0.5, 0.6) is 0 Å². The van der Waals surface area contributed by atoms with Gasteiger partial charge in [-0.1, -0.05) is 30.3 Å². The Morgan fingerprint density at radius 1 is 0.697 bits per heavy atom. The van der Waals surface area contributed by atoms with Crippen molar-refractivity contribution in [1.29, 1.82) is 0 Å². The number of rotatable bonds is 11. The second-order valence-corrected chi connectivity index (χ2v) is 7.37. The number of esters is 1. The van der Waals surface area contributed by atoms with Gasteiger partial charge in [-0.25, -0.2) is 9.59 Å². The number of alkyl carbamates (subject to hydrolysis) is 1. The fourth-order valence-corrected chi connectivity index (χ4v) is 2.48. The summed E-state index contributed by atoms with van der Waals surface area (Å²) in [5.41, 5.74) is 0.796. The molecular formula is C22H32N4O7. The van der Waals surface area contributed by atoms with E-state index in [9.17, 15) is 24.0 Å². The number of carbonyl (C=O) groups excluding carboxylic acids is 5. The van der Waals surface area contributed by atoms with Gasteiger partial charge in [-0.2, -0.15) is 0 Å². The summed E-state index contributed by atoms with van der Waals surface area (Å²) in [5, 5.41) is 9.72. The number of ether oxygens (including phenoxy) is 2. The summed E-state index contributed by atoms with van der Waals surface area (Å²) in [6, 6.07) is 5.26. The molecule has 1 rings (SSSR count). The lowest BCUT2D eigenvalue weighted by atomic mass is 10.2. The smallest absolute Gasteiger partial charge is 0.408 e. The van der Waals surface area contributed by atoms with Gasteiger partial charge in [0.1, 0.15) is 30.8 Å². The van der Waals surface area contributed by atoms with Gasteiger partial charge in [0.15, 0.2) is 0 Å². The third-order valence-corrected chi connectivity index (χ3v) is 4.44. The molecular weight excluding hydrogens is 432 g/mol. The van der Waals surface area contributed by atoms with Gasteiger partial charge in [-0.15, -0.1) is 0 Å². The normalized spacial score (nSPS) is 14.0. The largest absolute Gasteiger partial charge is 0.464 e. The minimum Gasteiger partial charge on any atom is -0.464 e. The van der Waals surface area contributed by atoms with Crippen molar-refractivity contribution >= 4 is 29.8 Å². The summed E-state index contributed by atoms with van der Waals surface area (Å²) < 4.78 is 9.86. The lowest BCUT2D eigenvalue weighted by Crippen LogP contribution is -2.55. The number of benzene rings is 1. The van der Waals surface area contributed by atoms with E-state index in [1.54, 1.807) is 19.1 Å². The summed E-state index contributed by atoms with van der Waals surface area (Å²) >= 11 is 0. The average Bonchev–Trinajstić information content (AvgIpc) is 2.78. The first-order valence-electron chi connectivity index (χ1n) is 10.6. The Hall–Kier alpha value is -3.63. The van der Waals surface area contributed by atoms with E-state index in [1.165, 1.54) is 27.7 Å². The molecule has 33 heavy (non-hydrogen) atoms. The maximum Gasteiger partial charge on any atom is 0.408 e. The van der Waals surface area contributed by atoms with Crippen LogP contribution in [0.3, 0.4) is 0 Å². The van der Waals surface area contributed by atoms with Gasteiger partial charge in [-0.05, 0) is 40.2 Å². The van der Waals surface area contributed by atoms with Crippen molar-refractivity contribution in [1.82, 2.24) is 21.3 Å². The van der Waals surface area contributed by atoms with Crippen LogP contribution in [0.25, 0.3) is 0 Å². The van der Waals surface area contributed by atoms with Crippen molar-refractivity contribution in [3.8, 4) is 0 Å². The van der Waals surface area contributed by atoms with Crippen LogP contribution in [0.15, 0.2) is 30.3 Å². The van der Waals surface area contributed by atoms with Crippen molar-refractivity contribution in [2.24, 2.45) is 0 Å². The van der Waals surface area contributed by atoms with Crippen molar-refractivity contribution < 1.29 is 33.4 Å². The second kappa shape index (κ2) is 13.7. The zero-order valence-electron chi connectivity index (χ0n) is 19.5. The Kier molecular flexibility index (Phi) is 11.4. The quantitative estimate of drug-likeness (QED) is 0.346. The summed E-state index contributed by atoms with van der Waals surface area (Å²) in [6.07, 6.45) is -0.778. The van der Waals surface area contributed by atoms with Gasteiger partial charge in [0, 0.05) is 0 Å². The molecule has 0 bridgehead atoms. The first-order chi connectivity index (χ1) is 15.5. The lowest BCUT2D eigenvalue weighted by Gasteiger charge is -2.21. The van der Waals surface area contributed by atoms with E-state index in [1.807, 2.05) is 18.2 Å². The third-order valence-electron chi connectivity index (χ3n) is 4.44. The van der Waals surface area contributed by atoms with Crippen LogP contribution in [0.1, 0.15) is 40.2 Å². The van der Waals surface area contributed by atoms with Crippen molar-refractivity contribution in [2.75, 3.05) is 6.61 Å². The highest BCUT2D eigenvalue weighted by atomic mass is 16.5. The fraction of sp³-hybridized carbons (Fsp3) is 0.500. The topological polar surface area (TPSA) is 152 Å². The van der Waals surface area contributed by atoms with Gasteiger partial charge in [0.25, 0.3) is 0 Å². The monoisotopic (exact) mass is 464 g/mol. The highest BCUT2D eigenvalue weighted by Gasteiger charge is 2.25. The first kappa shape index (κ1) is 27.4. The zero-order chi connectivity index (χ0) is 25.0. The minimum absolute atomic E-state index is 0.0502.